The summed E-state index contributed by atoms with van der Waals surface area (Å²) in [5.41, 5.74) is 0. The Hall–Kier alpha value is -1.72. The molecule has 0 spiro atoms. The number of amides is 3. The van der Waals surface area contributed by atoms with E-state index in [2.05, 4.69) is 21.9 Å². The third-order valence-electron chi connectivity index (χ3n) is 5.47. The Morgan fingerprint density at radius 3 is 2.50 bits per heavy atom. The van der Waals surface area contributed by atoms with Crippen LogP contribution in [0.15, 0.2) is 0 Å². The molecule has 168 valence electrons. The van der Waals surface area contributed by atoms with Crippen molar-refractivity contribution in [2.24, 2.45) is 5.92 Å². The molecule has 2 fully saturated rings. The predicted octanol–water partition coefficient (Wildman–Crippen LogP) is 1.61. The minimum Gasteiger partial charge on any atom is -0.381 e. The standard InChI is InChI=1S/C22H35N3O4S/c1-2-3-9-20(26)23-11-6-13-29-14-7-12-24-21(27)10-5-4-8-19-17-15-22(28)25-18(17)16-30-19/h1,17-19H,3-16H2,(H,23,26)(H,24,27)(H,25,28)/t17-,18-,19-/m0/s1. The topological polar surface area (TPSA) is 96.5 Å². The quantitative estimate of drug-likeness (QED) is 0.267. The zero-order valence-corrected chi connectivity index (χ0v) is 18.6. The highest BCUT2D eigenvalue weighted by atomic mass is 32.2. The summed E-state index contributed by atoms with van der Waals surface area (Å²) in [6, 6.07) is 0.371. The van der Waals surface area contributed by atoms with Crippen molar-refractivity contribution in [3.05, 3.63) is 0 Å². The smallest absolute Gasteiger partial charge is 0.220 e. The summed E-state index contributed by atoms with van der Waals surface area (Å²) < 4.78 is 5.51. The summed E-state index contributed by atoms with van der Waals surface area (Å²) in [6.07, 6.45) is 11.7. The van der Waals surface area contributed by atoms with Gasteiger partial charge < -0.3 is 20.7 Å². The highest BCUT2D eigenvalue weighted by Crippen LogP contribution is 2.40. The van der Waals surface area contributed by atoms with Crippen LogP contribution in [0.25, 0.3) is 0 Å². The highest BCUT2D eigenvalue weighted by Gasteiger charge is 2.42. The maximum absolute atomic E-state index is 11.9. The fourth-order valence-corrected chi connectivity index (χ4v) is 5.48. The highest BCUT2D eigenvalue weighted by molar-refractivity contribution is 8.00. The van der Waals surface area contributed by atoms with Crippen LogP contribution < -0.4 is 16.0 Å². The number of thioether (sulfide) groups is 1. The number of hydrogen-bond acceptors (Lipinski definition) is 5. The lowest BCUT2D eigenvalue weighted by atomic mass is 9.94. The van der Waals surface area contributed by atoms with Crippen molar-refractivity contribution in [2.75, 3.05) is 32.1 Å². The van der Waals surface area contributed by atoms with Gasteiger partial charge in [0.2, 0.25) is 17.7 Å². The molecule has 0 aromatic rings. The first-order valence-corrected chi connectivity index (χ1v) is 12.1. The van der Waals surface area contributed by atoms with Gasteiger partial charge in [0.25, 0.3) is 0 Å². The van der Waals surface area contributed by atoms with Gasteiger partial charge in [0.05, 0.1) is 0 Å². The number of carbonyl (C=O) groups is 3. The largest absolute Gasteiger partial charge is 0.381 e. The molecule has 0 bridgehead atoms. The van der Waals surface area contributed by atoms with Gasteiger partial charge in [0.15, 0.2) is 0 Å². The minimum absolute atomic E-state index is 0.0208. The van der Waals surface area contributed by atoms with E-state index in [0.29, 0.717) is 69.2 Å². The minimum atomic E-state index is -0.0208. The van der Waals surface area contributed by atoms with E-state index in [1.54, 1.807) is 0 Å². The van der Waals surface area contributed by atoms with Crippen LogP contribution in [0.1, 0.15) is 57.8 Å². The molecule has 3 N–H and O–H groups in total. The molecule has 0 aliphatic carbocycles. The Kier molecular flexibility index (Phi) is 11.7. The maximum Gasteiger partial charge on any atom is 0.220 e. The number of nitrogens with one attached hydrogen (secondary N) is 3. The Bertz CT molecular complexity index is 608. The lowest BCUT2D eigenvalue weighted by molar-refractivity contribution is -0.121. The number of carbonyl (C=O) groups excluding carboxylic acids is 3. The maximum atomic E-state index is 11.9. The van der Waals surface area contributed by atoms with Gasteiger partial charge in [-0.1, -0.05) is 6.42 Å². The molecule has 2 rings (SSSR count). The predicted molar refractivity (Wildman–Crippen MR) is 119 cm³/mol. The second-order valence-electron chi connectivity index (χ2n) is 7.88. The number of rotatable bonds is 15. The van der Waals surface area contributed by atoms with Crippen molar-refractivity contribution in [3.63, 3.8) is 0 Å². The Labute approximate surface area is 184 Å². The van der Waals surface area contributed by atoms with Gasteiger partial charge >= 0.3 is 0 Å². The van der Waals surface area contributed by atoms with Crippen molar-refractivity contribution >= 4 is 29.5 Å². The number of ether oxygens (including phenoxy) is 1. The van der Waals surface area contributed by atoms with Crippen LogP contribution in [0.4, 0.5) is 0 Å². The van der Waals surface area contributed by atoms with E-state index >= 15 is 0 Å². The van der Waals surface area contributed by atoms with Crippen molar-refractivity contribution in [1.29, 1.82) is 0 Å². The molecule has 0 unspecified atom stereocenters. The molecular formula is C22H35N3O4S. The fourth-order valence-electron chi connectivity index (χ4n) is 3.83. The van der Waals surface area contributed by atoms with Gasteiger partial charge in [-0.2, -0.15) is 11.8 Å². The fraction of sp³-hybridized carbons (Fsp3) is 0.773. The second-order valence-corrected chi connectivity index (χ2v) is 9.16. The van der Waals surface area contributed by atoms with Crippen molar-refractivity contribution in [3.8, 4) is 12.3 Å². The molecule has 0 radical (unpaired) electrons. The van der Waals surface area contributed by atoms with Crippen molar-refractivity contribution in [2.45, 2.75) is 69.1 Å². The van der Waals surface area contributed by atoms with Crippen molar-refractivity contribution < 1.29 is 19.1 Å². The molecule has 0 saturated carbocycles. The monoisotopic (exact) mass is 437 g/mol. The second kappa shape index (κ2) is 14.3. The van der Waals surface area contributed by atoms with Crippen LogP contribution in [0.2, 0.25) is 0 Å². The number of terminal acetylenes is 1. The third kappa shape index (κ3) is 9.40. The first kappa shape index (κ1) is 24.5. The van der Waals surface area contributed by atoms with Crippen LogP contribution >= 0.6 is 11.8 Å². The first-order valence-electron chi connectivity index (χ1n) is 11.1. The van der Waals surface area contributed by atoms with E-state index in [1.165, 1.54) is 0 Å². The molecular weight excluding hydrogens is 402 g/mol. The van der Waals surface area contributed by atoms with Gasteiger partial charge in [-0.15, -0.1) is 12.3 Å². The molecule has 0 aromatic heterocycles. The van der Waals surface area contributed by atoms with Crippen LogP contribution in [-0.4, -0.2) is 61.1 Å². The SMILES string of the molecule is C#CCCC(=O)NCCCOCCCNC(=O)CCCC[C@@H]1SC[C@@H]2NC(=O)C[C@@H]21. The number of unbranched alkanes of at least 4 members (excludes halogenated alkanes) is 1. The van der Waals surface area contributed by atoms with E-state index in [1.807, 2.05) is 11.8 Å². The Morgan fingerprint density at radius 1 is 1.10 bits per heavy atom. The third-order valence-corrected chi connectivity index (χ3v) is 7.03. The molecule has 2 aliphatic rings. The molecule has 8 heteroatoms. The van der Waals surface area contributed by atoms with Gasteiger partial charge in [-0.25, -0.2) is 0 Å². The van der Waals surface area contributed by atoms with Crippen LogP contribution in [0.5, 0.6) is 0 Å². The van der Waals surface area contributed by atoms with E-state index in [-0.39, 0.29) is 17.7 Å². The van der Waals surface area contributed by atoms with Gasteiger partial charge in [0.1, 0.15) is 0 Å². The van der Waals surface area contributed by atoms with E-state index in [4.69, 9.17) is 11.2 Å². The van der Waals surface area contributed by atoms with Crippen LogP contribution in [0.3, 0.4) is 0 Å². The molecule has 7 nitrogen and oxygen atoms in total. The zero-order chi connectivity index (χ0) is 21.6. The molecule has 2 saturated heterocycles. The molecule has 2 heterocycles. The number of fused-ring (bicyclic) bond motifs is 1. The lowest BCUT2D eigenvalue weighted by Crippen LogP contribution is -2.29. The van der Waals surface area contributed by atoms with Gasteiger partial charge in [0, 0.05) is 74.9 Å². The molecule has 2 aliphatic heterocycles. The van der Waals surface area contributed by atoms with Gasteiger partial charge in [-0.05, 0) is 25.7 Å². The summed E-state index contributed by atoms with van der Waals surface area (Å²) in [5.74, 6) is 4.23. The molecule has 30 heavy (non-hydrogen) atoms. The number of hydrogen-bond donors (Lipinski definition) is 3. The van der Waals surface area contributed by atoms with Crippen molar-refractivity contribution in [1.82, 2.24) is 16.0 Å². The summed E-state index contributed by atoms with van der Waals surface area (Å²) >= 11 is 1.97. The first-order chi connectivity index (χ1) is 14.6. The Balaban J connectivity index is 1.35. The summed E-state index contributed by atoms with van der Waals surface area (Å²) in [7, 11) is 0. The summed E-state index contributed by atoms with van der Waals surface area (Å²) in [4.78, 5) is 34.8. The van der Waals surface area contributed by atoms with E-state index in [0.717, 1.165) is 37.9 Å². The zero-order valence-electron chi connectivity index (χ0n) is 17.8. The Morgan fingerprint density at radius 2 is 1.80 bits per heavy atom. The van der Waals surface area contributed by atoms with E-state index < -0.39 is 0 Å². The van der Waals surface area contributed by atoms with E-state index in [9.17, 15) is 14.4 Å². The molecule has 3 atom stereocenters. The molecule has 0 aromatic carbocycles. The lowest BCUT2D eigenvalue weighted by Gasteiger charge is -2.15. The van der Waals surface area contributed by atoms with Crippen LogP contribution in [0, 0.1) is 18.3 Å². The normalized spacial score (nSPS) is 22.2. The summed E-state index contributed by atoms with van der Waals surface area (Å²) in [6.45, 7) is 2.40. The van der Waals surface area contributed by atoms with Crippen LogP contribution in [-0.2, 0) is 19.1 Å². The average molecular weight is 438 g/mol. The molecule has 3 amide bonds. The van der Waals surface area contributed by atoms with Gasteiger partial charge in [-0.3, -0.25) is 14.4 Å². The average Bonchev–Trinajstić information content (AvgIpc) is 3.27. The summed E-state index contributed by atoms with van der Waals surface area (Å²) in [5, 5.41) is 9.35.